The molecule has 3 aliphatic heterocycles. The largest absolute Gasteiger partial charge is 0.496 e. The number of pyridine rings is 1. The van der Waals surface area contributed by atoms with Gasteiger partial charge in [-0.2, -0.15) is 0 Å². The molecule has 0 radical (unpaired) electrons. The summed E-state index contributed by atoms with van der Waals surface area (Å²) in [4.78, 5) is 7.31. The summed E-state index contributed by atoms with van der Waals surface area (Å²) in [5.74, 6) is 2.08. The normalized spacial score (nSPS) is 27.8. The first-order valence-corrected chi connectivity index (χ1v) is 10.4. The summed E-state index contributed by atoms with van der Waals surface area (Å²) < 4.78 is 5.68. The van der Waals surface area contributed by atoms with Gasteiger partial charge in [0.25, 0.3) is 0 Å². The first-order chi connectivity index (χ1) is 13.4. The van der Waals surface area contributed by atoms with E-state index in [2.05, 4.69) is 44.4 Å². The summed E-state index contributed by atoms with van der Waals surface area (Å²) in [6, 6.07) is 2.25. The number of aliphatic hydroxyl groups excluding tert-OH is 1. The third kappa shape index (κ3) is 2.85. The van der Waals surface area contributed by atoms with E-state index in [1.54, 1.807) is 7.11 Å². The third-order valence-electron chi connectivity index (χ3n) is 7.21. The highest BCUT2D eigenvalue weighted by molar-refractivity contribution is 5.90. The molecule has 3 aliphatic rings. The van der Waals surface area contributed by atoms with Crippen molar-refractivity contribution in [3.8, 4) is 5.75 Å². The minimum absolute atomic E-state index is 0.158. The molecule has 5 atom stereocenters. The maximum absolute atomic E-state index is 11.7. The second kappa shape index (κ2) is 7.16. The molecule has 4 nitrogen and oxygen atoms in total. The number of nitrogens with zero attached hydrogens (tertiary/aromatic N) is 2. The second-order valence-electron chi connectivity index (χ2n) is 8.67. The van der Waals surface area contributed by atoms with Crippen molar-refractivity contribution in [2.75, 3.05) is 20.2 Å². The standard InChI is InChI=1S/C24H32N2O2/c1-7-17-12-26-9-8-18(17)11-20(26)23(27)22-14(3)16(5)25-19-10-13(2)24(28-6)15(4)21(19)22/h7,10,17-18,20,23,27H,1,8-9,11-12H2,2-6H3/t17-,18-,20+,23+/m0/s1. The summed E-state index contributed by atoms with van der Waals surface area (Å²) in [6.45, 7) is 14.4. The maximum atomic E-state index is 11.7. The van der Waals surface area contributed by atoms with Crippen LogP contribution >= 0.6 is 0 Å². The molecule has 1 aromatic heterocycles. The summed E-state index contributed by atoms with van der Waals surface area (Å²) in [7, 11) is 1.72. The minimum Gasteiger partial charge on any atom is -0.496 e. The third-order valence-corrected chi connectivity index (χ3v) is 7.21. The minimum atomic E-state index is -0.524. The van der Waals surface area contributed by atoms with Crippen LogP contribution in [0.2, 0.25) is 0 Å². The van der Waals surface area contributed by atoms with Crippen molar-refractivity contribution >= 4 is 10.9 Å². The van der Waals surface area contributed by atoms with Gasteiger partial charge in [-0.3, -0.25) is 9.88 Å². The SMILES string of the molecule is C=C[C@H]1CN2CC[C@H]1C[C@@H]2[C@@H](O)c1c(C)c(C)nc2cc(C)c(OC)c(C)c12. The highest BCUT2D eigenvalue weighted by Gasteiger charge is 2.42. The van der Waals surface area contributed by atoms with Crippen LogP contribution in [0, 0.1) is 39.5 Å². The van der Waals surface area contributed by atoms with E-state index in [0.717, 1.165) is 64.1 Å². The molecular formula is C24H32N2O2. The second-order valence-corrected chi connectivity index (χ2v) is 8.67. The van der Waals surface area contributed by atoms with E-state index in [-0.39, 0.29) is 6.04 Å². The number of benzene rings is 1. The average molecular weight is 381 g/mol. The molecule has 0 amide bonds. The van der Waals surface area contributed by atoms with Gasteiger partial charge >= 0.3 is 0 Å². The van der Waals surface area contributed by atoms with Gasteiger partial charge in [-0.1, -0.05) is 6.08 Å². The molecule has 1 unspecified atom stereocenters. The Kier molecular flexibility index (Phi) is 4.96. The number of hydrogen-bond acceptors (Lipinski definition) is 4. The molecule has 0 aliphatic carbocycles. The molecule has 4 heterocycles. The maximum Gasteiger partial charge on any atom is 0.125 e. The van der Waals surface area contributed by atoms with Gasteiger partial charge < -0.3 is 9.84 Å². The van der Waals surface area contributed by atoms with Gasteiger partial charge in [0.2, 0.25) is 0 Å². The number of hydrogen-bond donors (Lipinski definition) is 1. The molecule has 150 valence electrons. The van der Waals surface area contributed by atoms with Crippen LogP contribution in [-0.4, -0.2) is 41.2 Å². The highest BCUT2D eigenvalue weighted by atomic mass is 16.5. The lowest BCUT2D eigenvalue weighted by Gasteiger charge is -2.50. The van der Waals surface area contributed by atoms with Gasteiger partial charge in [-0.25, -0.2) is 0 Å². The molecule has 5 rings (SSSR count). The molecule has 2 bridgehead atoms. The lowest BCUT2D eigenvalue weighted by atomic mass is 9.73. The van der Waals surface area contributed by atoms with Crippen LogP contribution in [0.25, 0.3) is 10.9 Å². The van der Waals surface area contributed by atoms with Crippen LogP contribution < -0.4 is 4.74 Å². The molecule has 3 saturated heterocycles. The number of piperidine rings is 3. The number of aromatic nitrogens is 1. The Labute approximate surface area is 168 Å². The number of fused-ring (bicyclic) bond motifs is 4. The summed E-state index contributed by atoms with van der Waals surface area (Å²) in [6.07, 6.45) is 3.82. The van der Waals surface area contributed by atoms with Gasteiger partial charge in [-0.05, 0) is 81.7 Å². The Hall–Kier alpha value is -1.91. The molecule has 2 aromatic rings. The Morgan fingerprint density at radius 1 is 1.29 bits per heavy atom. The fourth-order valence-corrected chi connectivity index (χ4v) is 5.60. The van der Waals surface area contributed by atoms with Crippen molar-refractivity contribution < 1.29 is 9.84 Å². The fourth-order valence-electron chi connectivity index (χ4n) is 5.60. The van der Waals surface area contributed by atoms with Crippen LogP contribution in [0.1, 0.15) is 46.9 Å². The number of aliphatic hydroxyl groups is 1. The van der Waals surface area contributed by atoms with Crippen LogP contribution in [0.5, 0.6) is 5.75 Å². The van der Waals surface area contributed by atoms with E-state index in [0.29, 0.717) is 11.8 Å². The molecule has 4 heteroatoms. The van der Waals surface area contributed by atoms with Crippen LogP contribution in [0.4, 0.5) is 0 Å². The van der Waals surface area contributed by atoms with E-state index < -0.39 is 6.10 Å². The predicted octanol–water partition coefficient (Wildman–Crippen LogP) is 4.41. The zero-order valence-electron chi connectivity index (χ0n) is 17.7. The van der Waals surface area contributed by atoms with Gasteiger partial charge in [0.05, 0.1) is 18.7 Å². The van der Waals surface area contributed by atoms with E-state index in [9.17, 15) is 5.11 Å². The predicted molar refractivity (Wildman–Crippen MR) is 114 cm³/mol. The Bertz CT molecular complexity index is 936. The Balaban J connectivity index is 1.86. The summed E-state index contributed by atoms with van der Waals surface area (Å²) in [5.41, 5.74) is 6.22. The van der Waals surface area contributed by atoms with E-state index in [1.807, 2.05) is 6.92 Å². The van der Waals surface area contributed by atoms with Crippen LogP contribution in [-0.2, 0) is 0 Å². The lowest BCUT2D eigenvalue weighted by Crippen LogP contribution is -2.55. The van der Waals surface area contributed by atoms with Crippen molar-refractivity contribution in [3.63, 3.8) is 0 Å². The molecule has 0 saturated carbocycles. The van der Waals surface area contributed by atoms with E-state index in [4.69, 9.17) is 9.72 Å². The van der Waals surface area contributed by atoms with Gasteiger partial charge in [0.1, 0.15) is 5.75 Å². The monoisotopic (exact) mass is 380 g/mol. The van der Waals surface area contributed by atoms with Crippen molar-refractivity contribution in [2.45, 2.75) is 52.7 Å². The van der Waals surface area contributed by atoms with Crippen molar-refractivity contribution in [2.24, 2.45) is 11.8 Å². The highest BCUT2D eigenvalue weighted by Crippen LogP contribution is 2.44. The van der Waals surface area contributed by atoms with E-state index >= 15 is 0 Å². The van der Waals surface area contributed by atoms with Crippen molar-refractivity contribution in [3.05, 3.63) is 46.7 Å². The van der Waals surface area contributed by atoms with Crippen LogP contribution in [0.3, 0.4) is 0 Å². The van der Waals surface area contributed by atoms with E-state index in [1.165, 1.54) is 6.42 Å². The zero-order valence-corrected chi connectivity index (χ0v) is 17.7. The number of methoxy groups -OCH3 is 1. The Morgan fingerprint density at radius 2 is 2.04 bits per heavy atom. The number of aryl methyl sites for hydroxylation is 3. The zero-order chi connectivity index (χ0) is 20.2. The molecular weight excluding hydrogens is 348 g/mol. The smallest absolute Gasteiger partial charge is 0.125 e. The average Bonchev–Trinajstić information content (AvgIpc) is 2.69. The summed E-state index contributed by atoms with van der Waals surface area (Å²) >= 11 is 0. The Morgan fingerprint density at radius 3 is 2.64 bits per heavy atom. The van der Waals surface area contributed by atoms with Gasteiger partial charge in [0, 0.05) is 29.2 Å². The summed E-state index contributed by atoms with van der Waals surface area (Å²) in [5, 5.41) is 12.7. The molecule has 28 heavy (non-hydrogen) atoms. The fraction of sp³-hybridized carbons (Fsp3) is 0.542. The quantitative estimate of drug-likeness (QED) is 0.798. The number of ether oxygens (including phenoxy) is 1. The topological polar surface area (TPSA) is 45.6 Å². The molecule has 3 fully saturated rings. The van der Waals surface area contributed by atoms with Crippen molar-refractivity contribution in [1.82, 2.24) is 9.88 Å². The van der Waals surface area contributed by atoms with Gasteiger partial charge in [-0.15, -0.1) is 6.58 Å². The molecule has 0 spiro atoms. The van der Waals surface area contributed by atoms with Gasteiger partial charge in [0.15, 0.2) is 0 Å². The molecule has 1 aromatic carbocycles. The van der Waals surface area contributed by atoms with Crippen molar-refractivity contribution in [1.29, 1.82) is 0 Å². The number of rotatable bonds is 4. The molecule has 1 N–H and O–H groups in total. The van der Waals surface area contributed by atoms with Crippen LogP contribution in [0.15, 0.2) is 18.7 Å². The first kappa shape index (κ1) is 19.4. The lowest BCUT2D eigenvalue weighted by molar-refractivity contribution is -0.0446. The first-order valence-electron chi connectivity index (χ1n) is 10.4.